The molecule has 0 radical (unpaired) electrons. The lowest BCUT2D eigenvalue weighted by Gasteiger charge is -2.03. The highest BCUT2D eigenvalue weighted by Crippen LogP contribution is 2.02. The van der Waals surface area contributed by atoms with E-state index in [4.69, 9.17) is 4.74 Å². The van der Waals surface area contributed by atoms with Crippen LogP contribution in [0.2, 0.25) is 0 Å². The van der Waals surface area contributed by atoms with Crippen LogP contribution < -0.4 is 0 Å². The van der Waals surface area contributed by atoms with E-state index in [-0.39, 0.29) is 5.97 Å². The van der Waals surface area contributed by atoms with Gasteiger partial charge < -0.3 is 4.74 Å². The summed E-state index contributed by atoms with van der Waals surface area (Å²) in [6.45, 7) is 6.65. The van der Waals surface area contributed by atoms with Gasteiger partial charge >= 0.3 is 5.97 Å². The monoisotopic (exact) mass is 212 g/mol. The number of allylic oxidation sites excluding steroid dienone is 1. The highest BCUT2D eigenvalue weighted by molar-refractivity contribution is 5.69. The van der Waals surface area contributed by atoms with Gasteiger partial charge in [-0.1, -0.05) is 45.8 Å². The molecular formula is C13H24O2. The van der Waals surface area contributed by atoms with Gasteiger partial charge in [0.25, 0.3) is 0 Å². The molecule has 0 bridgehead atoms. The molecule has 0 aromatic rings. The normalized spacial score (nSPS) is 11.2. The number of rotatable bonds is 8. The average molecular weight is 212 g/mol. The third-order valence-electron chi connectivity index (χ3n) is 2.06. The standard InChI is InChI=1S/C13H24O2/c1-4-5-6-7-8-9-10-15-13(14)11-12(2)3/h8-9,12H,4-7,10-11H2,1-3H3/b9-8-. The molecule has 0 aliphatic rings. The minimum atomic E-state index is -0.0943. The maximum atomic E-state index is 11.1. The number of hydrogen-bond donors (Lipinski definition) is 0. The maximum absolute atomic E-state index is 11.1. The predicted molar refractivity (Wildman–Crippen MR) is 63.7 cm³/mol. The van der Waals surface area contributed by atoms with Crippen LogP contribution >= 0.6 is 0 Å². The summed E-state index contributed by atoms with van der Waals surface area (Å²) in [6, 6.07) is 0. The van der Waals surface area contributed by atoms with Crippen LogP contribution in [0, 0.1) is 5.92 Å². The fraction of sp³-hybridized carbons (Fsp3) is 0.769. The lowest BCUT2D eigenvalue weighted by atomic mass is 10.1. The highest BCUT2D eigenvalue weighted by atomic mass is 16.5. The van der Waals surface area contributed by atoms with E-state index in [9.17, 15) is 4.79 Å². The summed E-state index contributed by atoms with van der Waals surface area (Å²) in [5.74, 6) is 0.286. The van der Waals surface area contributed by atoms with Crippen LogP contribution in [0.25, 0.3) is 0 Å². The van der Waals surface area contributed by atoms with Crippen LogP contribution in [0.15, 0.2) is 12.2 Å². The minimum Gasteiger partial charge on any atom is -0.461 e. The zero-order valence-corrected chi connectivity index (χ0v) is 10.3. The fourth-order valence-electron chi connectivity index (χ4n) is 1.23. The van der Waals surface area contributed by atoms with Crippen molar-refractivity contribution in [1.29, 1.82) is 0 Å². The molecule has 0 saturated heterocycles. The Morgan fingerprint density at radius 3 is 2.60 bits per heavy atom. The Hall–Kier alpha value is -0.790. The molecule has 0 aliphatic carbocycles. The van der Waals surface area contributed by atoms with Crippen LogP contribution in [0.3, 0.4) is 0 Å². The molecule has 15 heavy (non-hydrogen) atoms. The van der Waals surface area contributed by atoms with Gasteiger partial charge in [0.2, 0.25) is 0 Å². The SMILES string of the molecule is CCCCC/C=C\COC(=O)CC(C)C. The molecule has 0 fully saturated rings. The molecule has 2 heteroatoms. The van der Waals surface area contributed by atoms with Crippen LogP contribution in [-0.2, 0) is 9.53 Å². The molecule has 0 N–H and O–H groups in total. The first-order valence-electron chi connectivity index (χ1n) is 5.97. The molecule has 0 atom stereocenters. The summed E-state index contributed by atoms with van der Waals surface area (Å²) < 4.78 is 5.03. The van der Waals surface area contributed by atoms with Crippen molar-refractivity contribution in [1.82, 2.24) is 0 Å². The molecule has 2 nitrogen and oxygen atoms in total. The van der Waals surface area contributed by atoms with Crippen molar-refractivity contribution in [2.75, 3.05) is 6.61 Å². The first-order chi connectivity index (χ1) is 7.16. The number of esters is 1. The molecule has 0 unspecified atom stereocenters. The Kier molecular flexibility index (Phi) is 9.24. The van der Waals surface area contributed by atoms with Crippen molar-refractivity contribution in [2.24, 2.45) is 5.92 Å². The Balaban J connectivity index is 3.32. The minimum absolute atomic E-state index is 0.0943. The van der Waals surface area contributed by atoms with Gasteiger partial charge in [0.1, 0.15) is 6.61 Å². The van der Waals surface area contributed by atoms with Gasteiger partial charge in [-0.25, -0.2) is 0 Å². The van der Waals surface area contributed by atoms with Crippen molar-refractivity contribution in [3.8, 4) is 0 Å². The predicted octanol–water partition coefficient (Wildman–Crippen LogP) is 3.71. The second kappa shape index (κ2) is 9.75. The third-order valence-corrected chi connectivity index (χ3v) is 2.06. The molecule has 0 saturated carbocycles. The number of hydrogen-bond acceptors (Lipinski definition) is 2. The first-order valence-corrected chi connectivity index (χ1v) is 5.97. The number of carbonyl (C=O) groups excluding carboxylic acids is 1. The van der Waals surface area contributed by atoms with Gasteiger partial charge in [0.15, 0.2) is 0 Å². The van der Waals surface area contributed by atoms with Crippen molar-refractivity contribution < 1.29 is 9.53 Å². The molecule has 0 aromatic heterocycles. The van der Waals surface area contributed by atoms with E-state index >= 15 is 0 Å². The lowest BCUT2D eigenvalue weighted by Crippen LogP contribution is -2.07. The lowest BCUT2D eigenvalue weighted by molar-refractivity contribution is -0.143. The largest absolute Gasteiger partial charge is 0.461 e. The molecular weight excluding hydrogens is 188 g/mol. The number of ether oxygens (including phenoxy) is 1. The van der Waals surface area contributed by atoms with Crippen LogP contribution in [0.5, 0.6) is 0 Å². The molecule has 0 rings (SSSR count). The topological polar surface area (TPSA) is 26.3 Å². The van der Waals surface area contributed by atoms with E-state index < -0.39 is 0 Å². The summed E-state index contributed by atoms with van der Waals surface area (Å²) in [5.41, 5.74) is 0. The molecule has 0 spiro atoms. The molecule has 0 amide bonds. The van der Waals surface area contributed by atoms with E-state index in [0.29, 0.717) is 18.9 Å². The van der Waals surface area contributed by atoms with Crippen LogP contribution in [-0.4, -0.2) is 12.6 Å². The van der Waals surface area contributed by atoms with Crippen molar-refractivity contribution >= 4 is 5.97 Å². The maximum Gasteiger partial charge on any atom is 0.306 e. The number of carbonyl (C=O) groups is 1. The average Bonchev–Trinajstić information content (AvgIpc) is 2.15. The summed E-state index contributed by atoms with van der Waals surface area (Å²) in [5, 5.41) is 0. The van der Waals surface area contributed by atoms with Gasteiger partial charge in [-0.05, 0) is 18.8 Å². The van der Waals surface area contributed by atoms with Gasteiger partial charge in [-0.15, -0.1) is 0 Å². The quantitative estimate of drug-likeness (QED) is 0.348. The first kappa shape index (κ1) is 14.2. The van der Waals surface area contributed by atoms with Gasteiger partial charge in [0, 0.05) is 6.42 Å². The van der Waals surface area contributed by atoms with E-state index in [2.05, 4.69) is 13.0 Å². The van der Waals surface area contributed by atoms with Crippen LogP contribution in [0.1, 0.15) is 52.9 Å². The van der Waals surface area contributed by atoms with Crippen molar-refractivity contribution in [3.63, 3.8) is 0 Å². The van der Waals surface area contributed by atoms with Gasteiger partial charge in [-0.2, -0.15) is 0 Å². The van der Waals surface area contributed by atoms with Crippen LogP contribution in [0.4, 0.5) is 0 Å². The zero-order chi connectivity index (χ0) is 11.5. The van der Waals surface area contributed by atoms with E-state index in [1.807, 2.05) is 19.9 Å². The third kappa shape index (κ3) is 11.1. The molecule has 0 aliphatic heterocycles. The number of unbranched alkanes of at least 4 members (excludes halogenated alkanes) is 3. The molecule has 0 heterocycles. The summed E-state index contributed by atoms with van der Waals surface area (Å²) in [4.78, 5) is 11.1. The molecule has 88 valence electrons. The summed E-state index contributed by atoms with van der Waals surface area (Å²) in [7, 11) is 0. The fourth-order valence-corrected chi connectivity index (χ4v) is 1.23. The Morgan fingerprint density at radius 1 is 1.27 bits per heavy atom. The smallest absolute Gasteiger partial charge is 0.306 e. The van der Waals surface area contributed by atoms with E-state index in [1.54, 1.807) is 0 Å². The van der Waals surface area contributed by atoms with E-state index in [1.165, 1.54) is 19.3 Å². The Labute approximate surface area is 93.7 Å². The zero-order valence-electron chi connectivity index (χ0n) is 10.3. The van der Waals surface area contributed by atoms with Gasteiger partial charge in [0.05, 0.1) is 0 Å². The van der Waals surface area contributed by atoms with E-state index in [0.717, 1.165) is 6.42 Å². The Morgan fingerprint density at radius 2 is 2.00 bits per heavy atom. The highest BCUT2D eigenvalue weighted by Gasteiger charge is 2.03. The van der Waals surface area contributed by atoms with Crippen molar-refractivity contribution in [3.05, 3.63) is 12.2 Å². The van der Waals surface area contributed by atoms with Gasteiger partial charge in [-0.3, -0.25) is 4.79 Å². The molecule has 0 aromatic carbocycles. The summed E-state index contributed by atoms with van der Waals surface area (Å²) >= 11 is 0. The second-order valence-corrected chi connectivity index (χ2v) is 4.25. The summed E-state index contributed by atoms with van der Waals surface area (Å²) in [6.07, 6.45) is 9.40. The van der Waals surface area contributed by atoms with Crippen molar-refractivity contribution in [2.45, 2.75) is 52.9 Å². The Bertz CT molecular complexity index is 183. The second-order valence-electron chi connectivity index (χ2n) is 4.25.